The lowest BCUT2D eigenvalue weighted by Crippen LogP contribution is -2.27. The van der Waals surface area contributed by atoms with Crippen molar-refractivity contribution in [2.24, 2.45) is 5.41 Å². The molecule has 2 aromatic carbocycles. The van der Waals surface area contributed by atoms with Crippen LogP contribution >= 0.6 is 0 Å². The molecule has 1 aromatic heterocycles. The first-order chi connectivity index (χ1) is 12.2. The third-order valence-corrected chi connectivity index (χ3v) is 4.06. The van der Waals surface area contributed by atoms with Crippen molar-refractivity contribution in [3.8, 4) is 22.6 Å². The number of hydrogen-bond acceptors (Lipinski definition) is 4. The molecule has 0 fully saturated rings. The van der Waals surface area contributed by atoms with Crippen LogP contribution in [-0.4, -0.2) is 21.1 Å². The van der Waals surface area contributed by atoms with E-state index in [1.807, 2.05) is 0 Å². The van der Waals surface area contributed by atoms with Crippen LogP contribution in [0.3, 0.4) is 0 Å². The number of aromatic nitrogens is 1. The van der Waals surface area contributed by atoms with E-state index in [-0.39, 0.29) is 28.6 Å². The van der Waals surface area contributed by atoms with Crippen molar-refractivity contribution in [3.63, 3.8) is 0 Å². The molecule has 1 amide bonds. The van der Waals surface area contributed by atoms with Crippen LogP contribution in [0.25, 0.3) is 22.0 Å². The van der Waals surface area contributed by atoms with Gasteiger partial charge in [0.25, 0.3) is 0 Å². The molecular formula is C20H19FN2O3. The highest BCUT2D eigenvalue weighted by atomic mass is 19.1. The van der Waals surface area contributed by atoms with Gasteiger partial charge in [0.05, 0.1) is 5.69 Å². The number of fused-ring (bicyclic) bond motifs is 1. The Morgan fingerprint density at radius 2 is 1.81 bits per heavy atom. The van der Waals surface area contributed by atoms with Gasteiger partial charge in [-0.15, -0.1) is 0 Å². The van der Waals surface area contributed by atoms with E-state index in [1.165, 1.54) is 24.4 Å². The second-order valence-corrected chi connectivity index (χ2v) is 7.08. The fourth-order valence-electron chi connectivity index (χ4n) is 2.57. The Labute approximate surface area is 150 Å². The van der Waals surface area contributed by atoms with Gasteiger partial charge in [-0.3, -0.25) is 9.78 Å². The molecule has 0 aliphatic rings. The van der Waals surface area contributed by atoms with Crippen molar-refractivity contribution in [3.05, 3.63) is 48.4 Å². The number of pyridine rings is 1. The van der Waals surface area contributed by atoms with Crippen LogP contribution in [0.1, 0.15) is 20.8 Å². The molecule has 0 radical (unpaired) electrons. The Bertz CT molecular complexity index is 1010. The minimum absolute atomic E-state index is 0.0801. The van der Waals surface area contributed by atoms with Gasteiger partial charge in [-0.2, -0.15) is 0 Å². The van der Waals surface area contributed by atoms with Crippen LogP contribution in [0.2, 0.25) is 0 Å². The number of benzene rings is 2. The van der Waals surface area contributed by atoms with Gasteiger partial charge in [0.2, 0.25) is 5.91 Å². The van der Waals surface area contributed by atoms with E-state index in [2.05, 4.69) is 10.3 Å². The highest BCUT2D eigenvalue weighted by Gasteiger charge is 2.23. The molecule has 0 spiro atoms. The lowest BCUT2D eigenvalue weighted by Gasteiger charge is -2.19. The predicted octanol–water partition coefficient (Wildman–Crippen LogP) is 4.44. The summed E-state index contributed by atoms with van der Waals surface area (Å²) in [7, 11) is 0. The van der Waals surface area contributed by atoms with E-state index in [4.69, 9.17) is 0 Å². The summed E-state index contributed by atoms with van der Waals surface area (Å²) in [5, 5.41) is 23.8. The number of halogens is 1. The van der Waals surface area contributed by atoms with E-state index in [0.29, 0.717) is 16.5 Å². The van der Waals surface area contributed by atoms with Crippen molar-refractivity contribution in [2.45, 2.75) is 20.8 Å². The summed E-state index contributed by atoms with van der Waals surface area (Å²) in [6.45, 7) is 5.30. The number of hydrogen-bond donors (Lipinski definition) is 3. The molecule has 134 valence electrons. The van der Waals surface area contributed by atoms with Gasteiger partial charge in [-0.1, -0.05) is 20.8 Å². The first-order valence-electron chi connectivity index (χ1n) is 8.09. The minimum atomic E-state index is -0.621. The van der Waals surface area contributed by atoms with Gasteiger partial charge < -0.3 is 15.5 Å². The average Bonchev–Trinajstić information content (AvgIpc) is 2.58. The lowest BCUT2D eigenvalue weighted by atomic mass is 9.95. The van der Waals surface area contributed by atoms with E-state index < -0.39 is 11.2 Å². The van der Waals surface area contributed by atoms with Crippen LogP contribution < -0.4 is 5.32 Å². The molecular weight excluding hydrogens is 335 g/mol. The molecule has 0 saturated heterocycles. The SMILES string of the molecule is CC(C)(C)C(=O)Nc1ccc2c(-c3cc(F)ccc3O)ccnc2c1O. The van der Waals surface area contributed by atoms with E-state index >= 15 is 0 Å². The molecule has 1 heterocycles. The first kappa shape index (κ1) is 17.7. The number of phenolic OH excluding ortho intramolecular Hbond substituents is 2. The molecule has 0 saturated carbocycles. The summed E-state index contributed by atoms with van der Waals surface area (Å²) in [6.07, 6.45) is 1.46. The molecule has 0 bridgehead atoms. The van der Waals surface area contributed by atoms with Gasteiger partial charge in [0, 0.05) is 22.6 Å². The van der Waals surface area contributed by atoms with Crippen molar-refractivity contribution in [1.82, 2.24) is 4.98 Å². The Balaban J connectivity index is 2.14. The largest absolute Gasteiger partial charge is 0.507 e. The van der Waals surface area contributed by atoms with Gasteiger partial charge in [-0.25, -0.2) is 4.39 Å². The summed E-state index contributed by atoms with van der Waals surface area (Å²) in [5.41, 5.74) is 0.687. The zero-order chi connectivity index (χ0) is 19.1. The summed E-state index contributed by atoms with van der Waals surface area (Å²) >= 11 is 0. The topological polar surface area (TPSA) is 82.5 Å². The molecule has 3 rings (SSSR count). The standard InChI is InChI=1S/C20H19FN2O3/c1-20(2,3)19(26)23-15-6-5-13-12(8-9-22-17(13)18(15)25)14-10-11(21)4-7-16(14)24/h4-10,24-25H,1-3H3,(H,23,26). The fourth-order valence-corrected chi connectivity index (χ4v) is 2.57. The number of rotatable bonds is 2. The number of carbonyl (C=O) groups excluding carboxylic acids is 1. The fraction of sp³-hybridized carbons (Fsp3) is 0.200. The highest BCUT2D eigenvalue weighted by Crippen LogP contribution is 2.39. The van der Waals surface area contributed by atoms with Crippen LogP contribution in [0.4, 0.5) is 10.1 Å². The molecule has 26 heavy (non-hydrogen) atoms. The Hall–Kier alpha value is -3.15. The summed E-state index contributed by atoms with van der Waals surface area (Å²) < 4.78 is 13.6. The monoisotopic (exact) mass is 354 g/mol. The van der Waals surface area contributed by atoms with E-state index in [1.54, 1.807) is 39.0 Å². The molecule has 6 heteroatoms. The smallest absolute Gasteiger partial charge is 0.229 e. The molecule has 0 aliphatic carbocycles. The summed E-state index contributed by atoms with van der Waals surface area (Å²) in [5.74, 6) is -0.992. The van der Waals surface area contributed by atoms with Crippen LogP contribution in [0, 0.1) is 11.2 Å². The first-order valence-corrected chi connectivity index (χ1v) is 8.09. The van der Waals surface area contributed by atoms with Gasteiger partial charge in [-0.05, 0) is 42.0 Å². The van der Waals surface area contributed by atoms with Crippen LogP contribution in [-0.2, 0) is 4.79 Å². The molecule has 5 nitrogen and oxygen atoms in total. The Morgan fingerprint density at radius 1 is 1.08 bits per heavy atom. The number of nitrogens with one attached hydrogen (secondary N) is 1. The Morgan fingerprint density at radius 3 is 2.50 bits per heavy atom. The highest BCUT2D eigenvalue weighted by molar-refractivity contribution is 6.04. The van der Waals surface area contributed by atoms with Crippen molar-refractivity contribution >= 4 is 22.5 Å². The number of phenols is 2. The summed E-state index contributed by atoms with van der Waals surface area (Å²) in [4.78, 5) is 16.3. The molecule has 0 aliphatic heterocycles. The van der Waals surface area contributed by atoms with Gasteiger partial charge >= 0.3 is 0 Å². The van der Waals surface area contributed by atoms with Crippen molar-refractivity contribution in [2.75, 3.05) is 5.32 Å². The predicted molar refractivity (Wildman–Crippen MR) is 98.6 cm³/mol. The Kier molecular flexibility index (Phi) is 4.28. The van der Waals surface area contributed by atoms with Gasteiger partial charge in [0.1, 0.15) is 17.1 Å². The number of carbonyl (C=O) groups is 1. The number of amides is 1. The van der Waals surface area contributed by atoms with Gasteiger partial charge in [0.15, 0.2) is 5.75 Å². The maximum atomic E-state index is 13.6. The lowest BCUT2D eigenvalue weighted by molar-refractivity contribution is -0.123. The quantitative estimate of drug-likeness (QED) is 0.594. The average molecular weight is 354 g/mol. The second kappa shape index (κ2) is 6.29. The van der Waals surface area contributed by atoms with Crippen molar-refractivity contribution in [1.29, 1.82) is 0 Å². The third-order valence-electron chi connectivity index (χ3n) is 4.06. The molecule has 3 N–H and O–H groups in total. The number of nitrogens with zero attached hydrogens (tertiary/aromatic N) is 1. The van der Waals surface area contributed by atoms with E-state index in [9.17, 15) is 19.4 Å². The molecule has 0 unspecified atom stereocenters. The molecule has 0 atom stereocenters. The summed E-state index contributed by atoms with van der Waals surface area (Å²) in [6, 6.07) is 8.51. The number of aromatic hydroxyl groups is 2. The number of anilines is 1. The minimum Gasteiger partial charge on any atom is -0.507 e. The van der Waals surface area contributed by atoms with E-state index in [0.717, 1.165) is 0 Å². The van der Waals surface area contributed by atoms with Crippen LogP contribution in [0.5, 0.6) is 11.5 Å². The molecule has 3 aromatic rings. The second-order valence-electron chi connectivity index (χ2n) is 7.08. The van der Waals surface area contributed by atoms with Crippen molar-refractivity contribution < 1.29 is 19.4 Å². The maximum Gasteiger partial charge on any atom is 0.229 e. The zero-order valence-corrected chi connectivity index (χ0v) is 14.7. The zero-order valence-electron chi connectivity index (χ0n) is 14.7. The third kappa shape index (κ3) is 3.18. The maximum absolute atomic E-state index is 13.6. The van der Waals surface area contributed by atoms with Crippen LogP contribution in [0.15, 0.2) is 42.6 Å². The normalized spacial score (nSPS) is 11.5.